The summed E-state index contributed by atoms with van der Waals surface area (Å²) in [5.41, 5.74) is 0. The first-order valence-electron chi connectivity index (χ1n) is 6.43. The van der Waals surface area contributed by atoms with Gasteiger partial charge in [-0.25, -0.2) is 0 Å². The second kappa shape index (κ2) is 6.86. The van der Waals surface area contributed by atoms with E-state index in [4.69, 9.17) is 5.11 Å². The van der Waals surface area contributed by atoms with E-state index >= 15 is 0 Å². The molecular weight excluding hydrogens is 188 g/mol. The number of carbonyl (C=O) groups is 1. The fourth-order valence-electron chi connectivity index (χ4n) is 2.49. The summed E-state index contributed by atoms with van der Waals surface area (Å²) < 4.78 is 0. The Kier molecular flexibility index (Phi) is 5.74. The molecule has 0 aromatic heterocycles. The van der Waals surface area contributed by atoms with E-state index in [1.807, 2.05) is 6.92 Å². The lowest BCUT2D eigenvalue weighted by atomic mass is 9.92. The molecule has 2 nitrogen and oxygen atoms in total. The van der Waals surface area contributed by atoms with Gasteiger partial charge >= 0.3 is 5.97 Å². The standard InChI is InChI=1S/C13H24O2/c1-11(13(14)15)7-6-10-12-8-4-2-3-5-9-12/h11-12H,2-10H2,1H3,(H,14,15). The van der Waals surface area contributed by atoms with Gasteiger partial charge in [-0.15, -0.1) is 0 Å². The molecule has 1 aliphatic rings. The van der Waals surface area contributed by atoms with Crippen molar-refractivity contribution >= 4 is 5.97 Å². The molecule has 0 amide bonds. The van der Waals surface area contributed by atoms with Gasteiger partial charge in [-0.1, -0.05) is 58.3 Å². The maximum atomic E-state index is 10.6. The highest BCUT2D eigenvalue weighted by atomic mass is 16.4. The third-order valence-corrected chi connectivity index (χ3v) is 3.65. The zero-order valence-electron chi connectivity index (χ0n) is 9.87. The molecule has 1 rings (SSSR count). The SMILES string of the molecule is CC(CCCC1CCCCCC1)C(=O)O. The fourth-order valence-corrected chi connectivity index (χ4v) is 2.49. The Hall–Kier alpha value is -0.530. The summed E-state index contributed by atoms with van der Waals surface area (Å²) in [5, 5.41) is 8.76. The zero-order chi connectivity index (χ0) is 11.1. The van der Waals surface area contributed by atoms with Gasteiger partial charge in [0.15, 0.2) is 0 Å². The van der Waals surface area contributed by atoms with Crippen LogP contribution < -0.4 is 0 Å². The Morgan fingerprint density at radius 2 is 1.87 bits per heavy atom. The van der Waals surface area contributed by atoms with Crippen LogP contribution in [0.1, 0.15) is 64.7 Å². The summed E-state index contributed by atoms with van der Waals surface area (Å²) in [4.78, 5) is 10.6. The van der Waals surface area contributed by atoms with Gasteiger partial charge in [0.2, 0.25) is 0 Å². The lowest BCUT2D eigenvalue weighted by Crippen LogP contribution is -2.10. The lowest BCUT2D eigenvalue weighted by Gasteiger charge is -2.14. The summed E-state index contributed by atoms with van der Waals surface area (Å²) in [6.07, 6.45) is 11.5. The van der Waals surface area contributed by atoms with E-state index in [0.29, 0.717) is 0 Å². The largest absolute Gasteiger partial charge is 0.481 e. The molecule has 1 saturated carbocycles. The topological polar surface area (TPSA) is 37.3 Å². The van der Waals surface area contributed by atoms with Crippen LogP contribution in [-0.2, 0) is 4.79 Å². The fraction of sp³-hybridized carbons (Fsp3) is 0.923. The van der Waals surface area contributed by atoms with E-state index in [1.165, 1.54) is 44.9 Å². The highest BCUT2D eigenvalue weighted by Gasteiger charge is 2.14. The summed E-state index contributed by atoms with van der Waals surface area (Å²) in [7, 11) is 0. The Bertz CT molecular complexity index is 181. The van der Waals surface area contributed by atoms with Gasteiger partial charge < -0.3 is 5.11 Å². The number of carboxylic acids is 1. The van der Waals surface area contributed by atoms with Gasteiger partial charge in [0.25, 0.3) is 0 Å². The van der Waals surface area contributed by atoms with Crippen molar-refractivity contribution in [1.82, 2.24) is 0 Å². The third kappa shape index (κ3) is 5.19. The Morgan fingerprint density at radius 1 is 1.27 bits per heavy atom. The maximum absolute atomic E-state index is 10.6. The Morgan fingerprint density at radius 3 is 2.40 bits per heavy atom. The van der Waals surface area contributed by atoms with Crippen molar-refractivity contribution in [3.63, 3.8) is 0 Å². The molecule has 0 aromatic carbocycles. The average molecular weight is 212 g/mol. The average Bonchev–Trinajstić information content (AvgIpc) is 2.46. The Balaban J connectivity index is 2.10. The highest BCUT2D eigenvalue weighted by Crippen LogP contribution is 2.27. The molecule has 0 saturated heterocycles. The van der Waals surface area contributed by atoms with Crippen LogP contribution in [0.15, 0.2) is 0 Å². The number of rotatable bonds is 5. The van der Waals surface area contributed by atoms with E-state index in [9.17, 15) is 4.79 Å². The molecule has 0 heterocycles. The third-order valence-electron chi connectivity index (χ3n) is 3.65. The molecule has 1 N–H and O–H groups in total. The normalized spacial score (nSPS) is 20.9. The van der Waals surface area contributed by atoms with Crippen LogP contribution in [-0.4, -0.2) is 11.1 Å². The van der Waals surface area contributed by atoms with Crippen LogP contribution in [0.5, 0.6) is 0 Å². The molecule has 15 heavy (non-hydrogen) atoms. The molecule has 0 aliphatic heterocycles. The molecular formula is C13H24O2. The predicted octanol–water partition coefficient (Wildman–Crippen LogP) is 3.85. The van der Waals surface area contributed by atoms with Crippen molar-refractivity contribution in [2.75, 3.05) is 0 Å². The molecule has 1 fully saturated rings. The minimum absolute atomic E-state index is 0.157. The van der Waals surface area contributed by atoms with Crippen molar-refractivity contribution < 1.29 is 9.90 Å². The molecule has 1 atom stereocenters. The summed E-state index contributed by atoms with van der Waals surface area (Å²) in [5.74, 6) is 0.0835. The molecule has 1 aliphatic carbocycles. The maximum Gasteiger partial charge on any atom is 0.306 e. The van der Waals surface area contributed by atoms with Gasteiger partial charge in [-0.3, -0.25) is 4.79 Å². The van der Waals surface area contributed by atoms with E-state index in [2.05, 4.69) is 0 Å². The van der Waals surface area contributed by atoms with Crippen LogP contribution in [0.3, 0.4) is 0 Å². The van der Waals surface area contributed by atoms with Crippen LogP contribution >= 0.6 is 0 Å². The molecule has 88 valence electrons. The van der Waals surface area contributed by atoms with Crippen LogP contribution in [0.2, 0.25) is 0 Å². The first-order chi connectivity index (χ1) is 7.20. The molecule has 0 radical (unpaired) electrons. The summed E-state index contributed by atoms with van der Waals surface area (Å²) >= 11 is 0. The van der Waals surface area contributed by atoms with Crippen molar-refractivity contribution in [2.24, 2.45) is 11.8 Å². The Labute approximate surface area is 93.1 Å². The monoisotopic (exact) mass is 212 g/mol. The number of hydrogen-bond donors (Lipinski definition) is 1. The van der Waals surface area contributed by atoms with Gasteiger partial charge in [-0.2, -0.15) is 0 Å². The van der Waals surface area contributed by atoms with Gasteiger partial charge in [0.05, 0.1) is 5.92 Å². The van der Waals surface area contributed by atoms with Crippen molar-refractivity contribution in [3.8, 4) is 0 Å². The quantitative estimate of drug-likeness (QED) is 0.703. The first kappa shape index (κ1) is 12.5. The lowest BCUT2D eigenvalue weighted by molar-refractivity contribution is -0.141. The molecule has 0 spiro atoms. The van der Waals surface area contributed by atoms with E-state index < -0.39 is 5.97 Å². The molecule has 0 bridgehead atoms. The van der Waals surface area contributed by atoms with Crippen LogP contribution in [0.25, 0.3) is 0 Å². The van der Waals surface area contributed by atoms with Crippen LogP contribution in [0, 0.1) is 11.8 Å². The minimum atomic E-state index is -0.643. The van der Waals surface area contributed by atoms with E-state index in [-0.39, 0.29) is 5.92 Å². The summed E-state index contributed by atoms with van der Waals surface area (Å²) in [6, 6.07) is 0. The van der Waals surface area contributed by atoms with Crippen LogP contribution in [0.4, 0.5) is 0 Å². The number of hydrogen-bond acceptors (Lipinski definition) is 1. The molecule has 0 aromatic rings. The smallest absolute Gasteiger partial charge is 0.306 e. The summed E-state index contributed by atoms with van der Waals surface area (Å²) in [6.45, 7) is 1.81. The predicted molar refractivity (Wildman–Crippen MR) is 61.8 cm³/mol. The number of carboxylic acid groups (broad SMARTS) is 1. The van der Waals surface area contributed by atoms with E-state index in [0.717, 1.165) is 18.8 Å². The van der Waals surface area contributed by atoms with Crippen molar-refractivity contribution in [1.29, 1.82) is 0 Å². The molecule has 1 unspecified atom stereocenters. The van der Waals surface area contributed by atoms with Gasteiger partial charge in [0, 0.05) is 0 Å². The van der Waals surface area contributed by atoms with E-state index in [1.54, 1.807) is 0 Å². The van der Waals surface area contributed by atoms with Crippen molar-refractivity contribution in [3.05, 3.63) is 0 Å². The minimum Gasteiger partial charge on any atom is -0.481 e. The number of aliphatic carboxylic acids is 1. The zero-order valence-corrected chi connectivity index (χ0v) is 9.87. The van der Waals surface area contributed by atoms with Crippen molar-refractivity contribution in [2.45, 2.75) is 64.7 Å². The highest BCUT2D eigenvalue weighted by molar-refractivity contribution is 5.69. The van der Waals surface area contributed by atoms with Gasteiger partial charge in [0.1, 0.15) is 0 Å². The second-order valence-electron chi connectivity index (χ2n) is 5.03. The molecule has 2 heteroatoms. The second-order valence-corrected chi connectivity index (χ2v) is 5.03. The first-order valence-corrected chi connectivity index (χ1v) is 6.43. The van der Waals surface area contributed by atoms with Gasteiger partial charge in [-0.05, 0) is 12.3 Å².